The van der Waals surface area contributed by atoms with E-state index in [1.165, 1.54) is 21.8 Å². The molecule has 0 spiro atoms. The van der Waals surface area contributed by atoms with Crippen LogP contribution in [0, 0.1) is 0 Å². The van der Waals surface area contributed by atoms with Crippen LogP contribution < -0.4 is 0 Å². The lowest BCUT2D eigenvalue weighted by molar-refractivity contribution is 0.672. The van der Waals surface area contributed by atoms with Gasteiger partial charge >= 0.3 is 0 Å². The molecule has 0 unspecified atom stereocenters. The van der Waals surface area contributed by atoms with E-state index in [1.807, 2.05) is 36.4 Å². The molecule has 0 radical (unpaired) electrons. The van der Waals surface area contributed by atoms with E-state index in [2.05, 4.69) is 174 Å². The first-order valence-corrected chi connectivity index (χ1v) is 20.2. The molecule has 0 atom stereocenters. The molecule has 0 saturated carbocycles. The fraction of sp³-hybridized carbons (Fsp3) is 0. The Balaban J connectivity index is 0.968. The van der Waals surface area contributed by atoms with Gasteiger partial charge in [0.25, 0.3) is 0 Å². The minimum atomic E-state index is 0.668. The Hall–Kier alpha value is -8.15. The first-order chi connectivity index (χ1) is 29.7. The highest BCUT2D eigenvalue weighted by atomic mass is 16.3. The zero-order valence-corrected chi connectivity index (χ0v) is 32.3. The van der Waals surface area contributed by atoms with Crippen molar-refractivity contribution in [3.05, 3.63) is 206 Å². The molecule has 5 heteroatoms. The fourth-order valence-corrected chi connectivity index (χ4v) is 8.72. The molecule has 4 aromatic heterocycles. The van der Waals surface area contributed by atoms with E-state index in [0.29, 0.717) is 5.82 Å². The molecule has 0 fully saturated rings. The van der Waals surface area contributed by atoms with E-state index in [1.54, 1.807) is 0 Å². The number of fused-ring (bicyclic) bond motifs is 8. The topological polar surface area (TPSA) is 56.7 Å². The Bertz CT molecular complexity index is 3520. The van der Waals surface area contributed by atoms with Crippen LogP contribution in [0.3, 0.4) is 0 Å². The molecule has 0 aliphatic carbocycles. The van der Waals surface area contributed by atoms with Crippen LogP contribution in [0.15, 0.2) is 211 Å². The summed E-state index contributed by atoms with van der Waals surface area (Å²) >= 11 is 0. The number of para-hydroxylation sites is 3. The Morgan fingerprint density at radius 2 is 0.900 bits per heavy atom. The molecular weight excluding hydrogens is 733 g/mol. The average Bonchev–Trinajstić information content (AvgIpc) is 3.88. The standard InChI is InChI=1S/C55H34N4O/c1-3-13-35(14-4-1)40-29-32-44-48(33-40)56-53(52-45-19-9-12-22-51(45)60-54(44)52)38-25-23-37(24-26-38)47-34-46(36-15-5-2-6-16-36)57-55(58-47)39-27-30-41(31-28-39)59-49-20-10-7-17-42(49)43-18-8-11-21-50(43)59/h1-34H. The van der Waals surface area contributed by atoms with Gasteiger partial charge in [0.15, 0.2) is 5.82 Å². The summed E-state index contributed by atoms with van der Waals surface area (Å²) in [7, 11) is 0. The van der Waals surface area contributed by atoms with Crippen LogP contribution in [-0.4, -0.2) is 19.5 Å². The smallest absolute Gasteiger partial charge is 0.160 e. The summed E-state index contributed by atoms with van der Waals surface area (Å²) in [5.41, 5.74) is 14.8. The minimum Gasteiger partial charge on any atom is -0.455 e. The molecule has 0 amide bonds. The summed E-state index contributed by atoms with van der Waals surface area (Å²) in [5, 5.41) is 5.53. The Kier molecular flexibility index (Phi) is 7.78. The zero-order chi connectivity index (χ0) is 39.6. The van der Waals surface area contributed by atoms with Gasteiger partial charge in [-0.05, 0) is 71.8 Å². The van der Waals surface area contributed by atoms with Gasteiger partial charge < -0.3 is 8.98 Å². The number of hydrogen-bond donors (Lipinski definition) is 0. The van der Waals surface area contributed by atoms with E-state index in [9.17, 15) is 0 Å². The van der Waals surface area contributed by atoms with E-state index in [0.717, 1.165) is 89.0 Å². The van der Waals surface area contributed by atoms with E-state index in [-0.39, 0.29) is 0 Å². The van der Waals surface area contributed by atoms with Crippen molar-refractivity contribution in [2.45, 2.75) is 0 Å². The normalized spacial score (nSPS) is 11.7. The second kappa shape index (κ2) is 13.8. The summed E-state index contributed by atoms with van der Waals surface area (Å²) in [6.45, 7) is 0. The van der Waals surface area contributed by atoms with Crippen LogP contribution in [0.1, 0.15) is 0 Å². The number of nitrogens with zero attached hydrogens (tertiary/aromatic N) is 4. The van der Waals surface area contributed by atoms with Crippen molar-refractivity contribution < 1.29 is 4.42 Å². The highest BCUT2D eigenvalue weighted by Gasteiger charge is 2.19. The molecule has 5 nitrogen and oxygen atoms in total. The molecule has 60 heavy (non-hydrogen) atoms. The lowest BCUT2D eigenvalue weighted by Gasteiger charge is -2.12. The maximum Gasteiger partial charge on any atom is 0.160 e. The van der Waals surface area contributed by atoms with Gasteiger partial charge in [-0.1, -0.05) is 146 Å². The molecule has 0 bridgehead atoms. The predicted octanol–water partition coefficient (Wildman–Crippen LogP) is 14.4. The van der Waals surface area contributed by atoms with Crippen molar-refractivity contribution in [3.63, 3.8) is 0 Å². The van der Waals surface area contributed by atoms with Crippen LogP contribution in [-0.2, 0) is 0 Å². The number of rotatable bonds is 6. The maximum absolute atomic E-state index is 6.58. The van der Waals surface area contributed by atoms with E-state index in [4.69, 9.17) is 19.4 Å². The van der Waals surface area contributed by atoms with Gasteiger partial charge in [0, 0.05) is 49.5 Å². The average molecular weight is 767 g/mol. The zero-order valence-electron chi connectivity index (χ0n) is 32.3. The van der Waals surface area contributed by atoms with Crippen molar-refractivity contribution in [3.8, 4) is 62.0 Å². The van der Waals surface area contributed by atoms with E-state index < -0.39 is 0 Å². The summed E-state index contributed by atoms with van der Waals surface area (Å²) in [5.74, 6) is 0.668. The van der Waals surface area contributed by atoms with Crippen LogP contribution in [0.2, 0.25) is 0 Å². The molecule has 0 aliphatic rings. The predicted molar refractivity (Wildman–Crippen MR) is 246 cm³/mol. The third kappa shape index (κ3) is 5.59. The summed E-state index contributed by atoms with van der Waals surface area (Å²) in [6, 6.07) is 71.8. The molecular formula is C55H34N4O. The number of furan rings is 1. The number of hydrogen-bond acceptors (Lipinski definition) is 4. The van der Waals surface area contributed by atoms with Crippen molar-refractivity contribution in [2.24, 2.45) is 0 Å². The van der Waals surface area contributed by atoms with Crippen molar-refractivity contribution in [1.29, 1.82) is 0 Å². The van der Waals surface area contributed by atoms with Gasteiger partial charge in [-0.3, -0.25) is 0 Å². The summed E-state index contributed by atoms with van der Waals surface area (Å²) < 4.78 is 8.91. The van der Waals surface area contributed by atoms with E-state index >= 15 is 0 Å². The summed E-state index contributed by atoms with van der Waals surface area (Å²) in [6.07, 6.45) is 0. The van der Waals surface area contributed by atoms with Gasteiger partial charge in [-0.15, -0.1) is 0 Å². The summed E-state index contributed by atoms with van der Waals surface area (Å²) in [4.78, 5) is 15.7. The van der Waals surface area contributed by atoms with Crippen molar-refractivity contribution in [1.82, 2.24) is 19.5 Å². The quantitative estimate of drug-likeness (QED) is 0.169. The molecule has 12 rings (SSSR count). The second-order valence-electron chi connectivity index (χ2n) is 15.2. The van der Waals surface area contributed by atoms with Crippen LogP contribution >= 0.6 is 0 Å². The lowest BCUT2D eigenvalue weighted by atomic mass is 9.98. The maximum atomic E-state index is 6.58. The van der Waals surface area contributed by atoms with Gasteiger partial charge in [0.2, 0.25) is 0 Å². The lowest BCUT2D eigenvalue weighted by Crippen LogP contribution is -1.97. The first kappa shape index (κ1) is 33.9. The third-order valence-electron chi connectivity index (χ3n) is 11.6. The fourth-order valence-electron chi connectivity index (χ4n) is 8.72. The van der Waals surface area contributed by atoms with Gasteiger partial charge in [0.1, 0.15) is 11.2 Å². The molecule has 8 aromatic carbocycles. The van der Waals surface area contributed by atoms with Gasteiger partial charge in [-0.25, -0.2) is 15.0 Å². The van der Waals surface area contributed by atoms with Gasteiger partial charge in [0.05, 0.1) is 39.0 Å². The molecule has 0 saturated heterocycles. The minimum absolute atomic E-state index is 0.668. The SMILES string of the molecule is c1ccc(-c2ccc3c(c2)nc(-c2ccc(-c4cc(-c5ccccc5)nc(-c5ccc(-n6c7ccccc7c7ccccc76)cc5)n4)cc2)c2c4ccccc4oc32)cc1. The number of pyridine rings is 1. The molecule has 280 valence electrons. The van der Waals surface area contributed by atoms with Crippen LogP contribution in [0.5, 0.6) is 0 Å². The number of aromatic nitrogens is 4. The van der Waals surface area contributed by atoms with Crippen LogP contribution in [0.4, 0.5) is 0 Å². The molecule has 0 N–H and O–H groups in total. The van der Waals surface area contributed by atoms with Crippen LogP contribution in [0.25, 0.3) is 117 Å². The third-order valence-corrected chi connectivity index (χ3v) is 11.6. The van der Waals surface area contributed by atoms with Crippen molar-refractivity contribution in [2.75, 3.05) is 0 Å². The molecule has 4 heterocycles. The largest absolute Gasteiger partial charge is 0.455 e. The Labute approximate surface area is 345 Å². The second-order valence-corrected chi connectivity index (χ2v) is 15.2. The first-order valence-electron chi connectivity index (χ1n) is 20.2. The van der Waals surface area contributed by atoms with Gasteiger partial charge in [-0.2, -0.15) is 0 Å². The number of benzene rings is 8. The monoisotopic (exact) mass is 766 g/mol. The Morgan fingerprint density at radius 1 is 0.367 bits per heavy atom. The molecule has 12 aromatic rings. The highest BCUT2D eigenvalue weighted by molar-refractivity contribution is 6.19. The highest BCUT2D eigenvalue weighted by Crippen LogP contribution is 2.41. The van der Waals surface area contributed by atoms with Crippen molar-refractivity contribution >= 4 is 54.6 Å². The Morgan fingerprint density at radius 3 is 1.58 bits per heavy atom. The molecule has 0 aliphatic heterocycles.